The van der Waals surface area contributed by atoms with Crippen LogP contribution in [0.15, 0.2) is 54.7 Å². The van der Waals surface area contributed by atoms with Crippen molar-refractivity contribution < 1.29 is 4.39 Å². The molecule has 2 heteroatoms. The number of hydrogen-bond acceptors (Lipinski definition) is 1. The Bertz CT molecular complexity index is 702. The van der Waals surface area contributed by atoms with Gasteiger partial charge in [-0.1, -0.05) is 29.8 Å². The van der Waals surface area contributed by atoms with E-state index in [9.17, 15) is 4.39 Å². The Balaban J connectivity index is 2.15. The van der Waals surface area contributed by atoms with Gasteiger partial charge in [0.25, 0.3) is 0 Å². The molecule has 3 aromatic rings. The number of halogens is 1. The van der Waals surface area contributed by atoms with Crippen molar-refractivity contribution in [3.8, 4) is 11.3 Å². The second kappa shape index (κ2) is 4.22. The van der Waals surface area contributed by atoms with Crippen LogP contribution in [0.25, 0.3) is 22.0 Å². The molecule has 0 bridgehead atoms. The molecule has 0 radical (unpaired) electrons. The Hall–Kier alpha value is -2.22. The van der Waals surface area contributed by atoms with Crippen LogP contribution in [0.5, 0.6) is 0 Å². The lowest BCUT2D eigenvalue weighted by molar-refractivity contribution is 0.629. The second-order valence-corrected chi connectivity index (χ2v) is 4.43. The van der Waals surface area contributed by atoms with Crippen LogP contribution in [0, 0.1) is 12.7 Å². The van der Waals surface area contributed by atoms with Gasteiger partial charge in [0.05, 0.1) is 5.69 Å². The lowest BCUT2D eigenvalue weighted by Gasteiger charge is -2.04. The number of hydrogen-bond donors (Lipinski definition) is 0. The smallest absolute Gasteiger partial charge is 0.123 e. The van der Waals surface area contributed by atoms with Gasteiger partial charge in [0.2, 0.25) is 0 Å². The molecule has 2 aromatic carbocycles. The third kappa shape index (κ3) is 1.97. The highest BCUT2D eigenvalue weighted by atomic mass is 19.1. The molecule has 0 atom stereocenters. The van der Waals surface area contributed by atoms with Crippen molar-refractivity contribution in [2.24, 2.45) is 0 Å². The zero-order valence-corrected chi connectivity index (χ0v) is 10.0. The molecule has 1 nitrogen and oxygen atoms in total. The summed E-state index contributed by atoms with van der Waals surface area (Å²) < 4.78 is 13.2. The Morgan fingerprint density at radius 3 is 2.44 bits per heavy atom. The van der Waals surface area contributed by atoms with Gasteiger partial charge in [-0.2, -0.15) is 0 Å². The summed E-state index contributed by atoms with van der Waals surface area (Å²) in [6.45, 7) is 2.05. The predicted molar refractivity (Wildman–Crippen MR) is 71.9 cm³/mol. The van der Waals surface area contributed by atoms with Crippen LogP contribution in [0.1, 0.15) is 5.56 Å². The average molecular weight is 237 g/mol. The molecule has 0 spiro atoms. The molecule has 0 saturated heterocycles. The van der Waals surface area contributed by atoms with Crippen molar-refractivity contribution in [1.82, 2.24) is 4.98 Å². The second-order valence-electron chi connectivity index (χ2n) is 4.43. The van der Waals surface area contributed by atoms with Gasteiger partial charge in [-0.15, -0.1) is 0 Å². The average Bonchev–Trinajstić information content (AvgIpc) is 2.38. The Kier molecular flexibility index (Phi) is 2.56. The third-order valence-corrected chi connectivity index (χ3v) is 3.03. The topological polar surface area (TPSA) is 12.9 Å². The highest BCUT2D eigenvalue weighted by molar-refractivity contribution is 5.85. The Morgan fingerprint density at radius 1 is 0.889 bits per heavy atom. The largest absolute Gasteiger partial charge is 0.256 e. The number of fused-ring (bicyclic) bond motifs is 1. The van der Waals surface area contributed by atoms with E-state index in [0.717, 1.165) is 22.0 Å². The van der Waals surface area contributed by atoms with Crippen LogP contribution in [0.2, 0.25) is 0 Å². The molecule has 0 fully saturated rings. The number of aromatic nitrogens is 1. The lowest BCUT2D eigenvalue weighted by Crippen LogP contribution is -1.85. The summed E-state index contributed by atoms with van der Waals surface area (Å²) in [5.41, 5.74) is 3.13. The van der Waals surface area contributed by atoms with E-state index in [0.29, 0.717) is 0 Å². The summed E-state index contributed by atoms with van der Waals surface area (Å²) in [5.74, 6) is -0.219. The molecule has 0 N–H and O–H groups in total. The van der Waals surface area contributed by atoms with Crippen LogP contribution in [0.4, 0.5) is 4.39 Å². The van der Waals surface area contributed by atoms with E-state index in [1.807, 2.05) is 37.3 Å². The lowest BCUT2D eigenvalue weighted by atomic mass is 10.1. The molecular formula is C16H12FN. The van der Waals surface area contributed by atoms with E-state index in [1.165, 1.54) is 17.7 Å². The minimum absolute atomic E-state index is 0.219. The number of nitrogens with zero attached hydrogens (tertiary/aromatic N) is 1. The van der Waals surface area contributed by atoms with Crippen molar-refractivity contribution in [3.63, 3.8) is 0 Å². The zero-order valence-electron chi connectivity index (χ0n) is 10.0. The molecule has 0 aliphatic carbocycles. The summed E-state index contributed by atoms with van der Waals surface area (Å²) in [4.78, 5) is 4.41. The first-order valence-electron chi connectivity index (χ1n) is 5.85. The van der Waals surface area contributed by atoms with Gasteiger partial charge in [0.15, 0.2) is 0 Å². The highest BCUT2D eigenvalue weighted by Gasteiger charge is 2.02. The van der Waals surface area contributed by atoms with Crippen LogP contribution < -0.4 is 0 Å². The third-order valence-electron chi connectivity index (χ3n) is 3.03. The summed E-state index contributed by atoms with van der Waals surface area (Å²) in [6.07, 6.45) is 1.78. The van der Waals surface area contributed by atoms with Gasteiger partial charge in [-0.25, -0.2) is 4.39 Å². The van der Waals surface area contributed by atoms with Gasteiger partial charge in [-0.05, 0) is 36.6 Å². The number of rotatable bonds is 1. The molecule has 0 unspecified atom stereocenters. The molecule has 18 heavy (non-hydrogen) atoms. The summed E-state index contributed by atoms with van der Waals surface area (Å²) in [5, 5.41) is 1.83. The van der Waals surface area contributed by atoms with E-state index < -0.39 is 0 Å². The molecule has 3 rings (SSSR count). The van der Waals surface area contributed by atoms with Crippen LogP contribution in [-0.4, -0.2) is 4.98 Å². The maximum absolute atomic E-state index is 13.2. The Labute approximate surface area is 105 Å². The summed E-state index contributed by atoms with van der Waals surface area (Å²) >= 11 is 0. The number of pyridine rings is 1. The molecule has 0 aliphatic rings. The van der Waals surface area contributed by atoms with E-state index >= 15 is 0 Å². The van der Waals surface area contributed by atoms with Gasteiger partial charge in [-0.3, -0.25) is 4.98 Å². The first kappa shape index (κ1) is 10.9. The van der Waals surface area contributed by atoms with Gasteiger partial charge >= 0.3 is 0 Å². The van der Waals surface area contributed by atoms with E-state index in [1.54, 1.807) is 12.3 Å². The fraction of sp³-hybridized carbons (Fsp3) is 0.0625. The van der Waals surface area contributed by atoms with Crippen molar-refractivity contribution in [2.45, 2.75) is 6.92 Å². The zero-order chi connectivity index (χ0) is 12.5. The SMILES string of the molecule is Cc1ccc(-c2cc3cc(F)ccc3cn2)cc1. The van der Waals surface area contributed by atoms with E-state index in [-0.39, 0.29) is 5.82 Å². The quantitative estimate of drug-likeness (QED) is 0.613. The monoisotopic (exact) mass is 237 g/mol. The fourth-order valence-electron chi connectivity index (χ4n) is 1.99. The first-order valence-corrected chi connectivity index (χ1v) is 5.85. The van der Waals surface area contributed by atoms with Gasteiger partial charge < -0.3 is 0 Å². The molecule has 0 aliphatic heterocycles. The van der Waals surface area contributed by atoms with E-state index in [4.69, 9.17) is 0 Å². The highest BCUT2D eigenvalue weighted by Crippen LogP contribution is 2.22. The van der Waals surface area contributed by atoms with Gasteiger partial charge in [0.1, 0.15) is 5.82 Å². The summed E-state index contributed by atoms with van der Waals surface area (Å²) in [6, 6.07) is 14.8. The van der Waals surface area contributed by atoms with Crippen molar-refractivity contribution in [3.05, 3.63) is 66.1 Å². The molecular weight excluding hydrogens is 225 g/mol. The molecule has 1 aromatic heterocycles. The maximum atomic E-state index is 13.2. The Morgan fingerprint density at radius 2 is 1.67 bits per heavy atom. The van der Waals surface area contributed by atoms with Crippen LogP contribution >= 0.6 is 0 Å². The number of aryl methyl sites for hydroxylation is 1. The fourth-order valence-corrected chi connectivity index (χ4v) is 1.99. The predicted octanol–water partition coefficient (Wildman–Crippen LogP) is 4.35. The minimum atomic E-state index is -0.219. The van der Waals surface area contributed by atoms with Crippen molar-refractivity contribution in [1.29, 1.82) is 0 Å². The molecule has 0 amide bonds. The first-order chi connectivity index (χ1) is 8.72. The van der Waals surface area contributed by atoms with Gasteiger partial charge in [0, 0.05) is 17.1 Å². The maximum Gasteiger partial charge on any atom is 0.123 e. The molecule has 1 heterocycles. The van der Waals surface area contributed by atoms with E-state index in [2.05, 4.69) is 4.98 Å². The summed E-state index contributed by atoms with van der Waals surface area (Å²) in [7, 11) is 0. The minimum Gasteiger partial charge on any atom is -0.256 e. The van der Waals surface area contributed by atoms with Crippen molar-refractivity contribution in [2.75, 3.05) is 0 Å². The van der Waals surface area contributed by atoms with Crippen LogP contribution in [-0.2, 0) is 0 Å². The van der Waals surface area contributed by atoms with Crippen LogP contribution in [0.3, 0.4) is 0 Å². The standard InChI is InChI=1S/C16H12FN/c1-11-2-4-12(5-3-11)16-9-14-8-15(17)7-6-13(14)10-18-16/h2-10H,1H3. The molecule has 88 valence electrons. The molecule has 0 saturated carbocycles. The number of benzene rings is 2. The normalized spacial score (nSPS) is 10.8. The van der Waals surface area contributed by atoms with Crippen molar-refractivity contribution >= 4 is 10.8 Å².